The Kier molecular flexibility index (Phi) is 3.70. The minimum absolute atomic E-state index is 0.368. The zero-order chi connectivity index (χ0) is 13.2. The Morgan fingerprint density at radius 3 is 2.56 bits per heavy atom. The van der Waals surface area contributed by atoms with Gasteiger partial charge in [0.05, 0.1) is 0 Å². The molecule has 0 aromatic carbocycles. The molecule has 1 saturated carbocycles. The van der Waals surface area contributed by atoms with E-state index in [0.717, 1.165) is 12.6 Å². The average molecular weight is 260 g/mol. The maximum absolute atomic E-state index is 12.2. The van der Waals surface area contributed by atoms with Crippen LogP contribution in [0.1, 0.15) is 18.5 Å². The van der Waals surface area contributed by atoms with Gasteiger partial charge in [0.15, 0.2) is 5.69 Å². The van der Waals surface area contributed by atoms with Crippen molar-refractivity contribution < 1.29 is 13.2 Å². The van der Waals surface area contributed by atoms with Crippen LogP contribution in [0.4, 0.5) is 19.0 Å². The highest BCUT2D eigenvalue weighted by atomic mass is 19.4. The molecule has 1 aliphatic carbocycles. The molecule has 0 bridgehead atoms. The zero-order valence-corrected chi connectivity index (χ0v) is 10.0. The van der Waals surface area contributed by atoms with E-state index in [-0.39, 0.29) is 0 Å². The van der Waals surface area contributed by atoms with Crippen LogP contribution in [0, 0.1) is 0 Å². The van der Waals surface area contributed by atoms with Crippen molar-refractivity contribution in [1.29, 1.82) is 0 Å². The Morgan fingerprint density at radius 1 is 1.33 bits per heavy atom. The SMILES string of the molecule is CN(CCNc1ccc(C(F)(F)F)nn1)C1CC1. The molecule has 1 heterocycles. The molecule has 1 aliphatic rings. The molecule has 2 rings (SSSR count). The maximum Gasteiger partial charge on any atom is 0.435 e. The molecule has 0 aliphatic heterocycles. The molecule has 0 saturated heterocycles. The molecule has 18 heavy (non-hydrogen) atoms. The summed E-state index contributed by atoms with van der Waals surface area (Å²) in [4.78, 5) is 2.23. The first-order valence-corrected chi connectivity index (χ1v) is 5.82. The molecule has 0 radical (unpaired) electrons. The Labute approximate surface area is 103 Å². The van der Waals surface area contributed by atoms with Crippen LogP contribution >= 0.6 is 0 Å². The number of hydrogen-bond acceptors (Lipinski definition) is 4. The van der Waals surface area contributed by atoms with E-state index in [1.807, 2.05) is 7.05 Å². The predicted octanol–water partition coefficient (Wildman–Crippen LogP) is 2.00. The van der Waals surface area contributed by atoms with Gasteiger partial charge in [-0.05, 0) is 32.0 Å². The fourth-order valence-electron chi connectivity index (χ4n) is 1.64. The van der Waals surface area contributed by atoms with Crippen LogP contribution < -0.4 is 5.32 Å². The van der Waals surface area contributed by atoms with Gasteiger partial charge in [-0.25, -0.2) is 0 Å². The van der Waals surface area contributed by atoms with E-state index in [4.69, 9.17) is 0 Å². The lowest BCUT2D eigenvalue weighted by molar-refractivity contribution is -0.141. The van der Waals surface area contributed by atoms with Crippen LogP contribution in [-0.4, -0.2) is 41.3 Å². The smallest absolute Gasteiger partial charge is 0.367 e. The van der Waals surface area contributed by atoms with Crippen molar-refractivity contribution in [3.63, 3.8) is 0 Å². The highest BCUT2D eigenvalue weighted by molar-refractivity contribution is 5.33. The first-order valence-electron chi connectivity index (χ1n) is 5.82. The molecule has 1 N–H and O–H groups in total. The van der Waals surface area contributed by atoms with Crippen molar-refractivity contribution in [3.8, 4) is 0 Å². The molecular formula is C11H15F3N4. The van der Waals surface area contributed by atoms with Crippen molar-refractivity contribution in [2.75, 3.05) is 25.5 Å². The summed E-state index contributed by atoms with van der Waals surface area (Å²) in [5, 5.41) is 9.60. The summed E-state index contributed by atoms with van der Waals surface area (Å²) in [5.74, 6) is 0.368. The molecule has 0 amide bonds. The van der Waals surface area contributed by atoms with Gasteiger partial charge in [0.25, 0.3) is 0 Å². The molecule has 0 atom stereocenters. The number of nitrogens with zero attached hydrogens (tertiary/aromatic N) is 3. The number of alkyl halides is 3. The molecular weight excluding hydrogens is 245 g/mol. The first-order chi connectivity index (χ1) is 8.47. The van der Waals surface area contributed by atoms with E-state index in [0.29, 0.717) is 18.4 Å². The van der Waals surface area contributed by atoms with Gasteiger partial charge in [-0.15, -0.1) is 10.2 Å². The summed E-state index contributed by atoms with van der Waals surface area (Å²) < 4.78 is 36.7. The van der Waals surface area contributed by atoms with Gasteiger partial charge in [0, 0.05) is 19.1 Å². The maximum atomic E-state index is 12.2. The van der Waals surface area contributed by atoms with Gasteiger partial charge >= 0.3 is 6.18 Å². The Morgan fingerprint density at radius 2 is 2.06 bits per heavy atom. The summed E-state index contributed by atoms with van der Waals surface area (Å²) in [6.45, 7) is 1.49. The van der Waals surface area contributed by atoms with Crippen LogP contribution in [0.2, 0.25) is 0 Å². The minimum Gasteiger partial charge on any atom is -0.367 e. The number of hydrogen-bond donors (Lipinski definition) is 1. The third-order valence-electron chi connectivity index (χ3n) is 2.90. The third kappa shape index (κ3) is 3.56. The summed E-state index contributed by atoms with van der Waals surface area (Å²) in [6.07, 6.45) is -1.97. The van der Waals surface area contributed by atoms with Crippen LogP contribution in [0.5, 0.6) is 0 Å². The van der Waals surface area contributed by atoms with Crippen molar-refractivity contribution in [2.24, 2.45) is 0 Å². The standard InChI is InChI=1S/C11H15F3N4/c1-18(8-2-3-8)7-6-15-10-5-4-9(16-17-10)11(12,13)14/h4-5,8H,2-3,6-7H2,1H3,(H,15,17). The second-order valence-corrected chi connectivity index (χ2v) is 4.44. The molecule has 1 fully saturated rings. The van der Waals surface area contributed by atoms with Crippen LogP contribution in [0.15, 0.2) is 12.1 Å². The summed E-state index contributed by atoms with van der Waals surface area (Å²) in [7, 11) is 2.04. The molecule has 4 nitrogen and oxygen atoms in total. The zero-order valence-electron chi connectivity index (χ0n) is 10.0. The van der Waals surface area contributed by atoms with Gasteiger partial charge in [-0.2, -0.15) is 13.2 Å². The second-order valence-electron chi connectivity index (χ2n) is 4.44. The predicted molar refractivity (Wildman–Crippen MR) is 61.2 cm³/mol. The molecule has 100 valence electrons. The summed E-state index contributed by atoms with van der Waals surface area (Å²) in [6, 6.07) is 2.90. The quantitative estimate of drug-likeness (QED) is 0.879. The van der Waals surface area contributed by atoms with Gasteiger partial charge in [-0.3, -0.25) is 0 Å². The number of anilines is 1. The number of halogens is 3. The van der Waals surface area contributed by atoms with Crippen molar-refractivity contribution >= 4 is 5.82 Å². The monoisotopic (exact) mass is 260 g/mol. The summed E-state index contributed by atoms with van der Waals surface area (Å²) >= 11 is 0. The Balaban J connectivity index is 1.79. The van der Waals surface area contributed by atoms with Gasteiger partial charge in [0.2, 0.25) is 0 Å². The third-order valence-corrected chi connectivity index (χ3v) is 2.90. The van der Waals surface area contributed by atoms with E-state index < -0.39 is 11.9 Å². The van der Waals surface area contributed by atoms with Gasteiger partial charge in [0.1, 0.15) is 5.82 Å². The topological polar surface area (TPSA) is 41.0 Å². The van der Waals surface area contributed by atoms with E-state index in [2.05, 4.69) is 20.4 Å². The fraction of sp³-hybridized carbons (Fsp3) is 0.636. The van der Waals surface area contributed by atoms with Crippen molar-refractivity contribution in [3.05, 3.63) is 17.8 Å². The number of rotatable bonds is 5. The molecule has 7 heteroatoms. The number of nitrogens with one attached hydrogen (secondary N) is 1. The molecule has 0 unspecified atom stereocenters. The van der Waals surface area contributed by atoms with Crippen LogP contribution in [0.25, 0.3) is 0 Å². The van der Waals surface area contributed by atoms with Gasteiger partial charge < -0.3 is 10.2 Å². The van der Waals surface area contributed by atoms with Crippen molar-refractivity contribution in [1.82, 2.24) is 15.1 Å². The van der Waals surface area contributed by atoms with Gasteiger partial charge in [-0.1, -0.05) is 0 Å². The molecule has 0 spiro atoms. The number of likely N-dealkylation sites (N-methyl/N-ethyl adjacent to an activating group) is 1. The first kappa shape index (κ1) is 13.1. The summed E-state index contributed by atoms with van der Waals surface area (Å²) in [5.41, 5.74) is -0.969. The van der Waals surface area contributed by atoms with E-state index in [9.17, 15) is 13.2 Å². The average Bonchev–Trinajstić information content (AvgIpc) is 3.12. The Hall–Kier alpha value is -1.37. The lowest BCUT2D eigenvalue weighted by Gasteiger charge is -2.15. The lowest BCUT2D eigenvalue weighted by Crippen LogP contribution is -2.27. The van der Waals surface area contributed by atoms with E-state index >= 15 is 0 Å². The fourth-order valence-corrected chi connectivity index (χ4v) is 1.64. The number of aromatic nitrogens is 2. The van der Waals surface area contributed by atoms with Crippen LogP contribution in [-0.2, 0) is 6.18 Å². The van der Waals surface area contributed by atoms with Crippen LogP contribution in [0.3, 0.4) is 0 Å². The lowest BCUT2D eigenvalue weighted by atomic mass is 10.4. The van der Waals surface area contributed by atoms with E-state index in [1.54, 1.807) is 0 Å². The van der Waals surface area contributed by atoms with E-state index in [1.165, 1.54) is 18.9 Å². The molecule has 1 aromatic rings. The second kappa shape index (κ2) is 5.09. The molecule has 1 aromatic heterocycles. The Bertz CT molecular complexity index is 386. The largest absolute Gasteiger partial charge is 0.435 e. The van der Waals surface area contributed by atoms with Crippen molar-refractivity contribution in [2.45, 2.75) is 25.1 Å². The highest BCUT2D eigenvalue weighted by Gasteiger charge is 2.32. The highest BCUT2D eigenvalue weighted by Crippen LogP contribution is 2.27. The minimum atomic E-state index is -4.43. The normalized spacial score (nSPS) is 16.1.